The first-order chi connectivity index (χ1) is 11.0. The maximum atomic E-state index is 12.8. The fraction of sp³-hybridized carbons (Fsp3) is 0.357. The smallest absolute Gasteiger partial charge is 0.377 e. The van der Waals surface area contributed by atoms with Gasteiger partial charge in [-0.3, -0.25) is 4.79 Å². The molecule has 0 spiro atoms. The van der Waals surface area contributed by atoms with Crippen LogP contribution in [0.3, 0.4) is 0 Å². The second-order valence-electron chi connectivity index (χ2n) is 4.96. The number of morpholine rings is 1. The molecule has 9 heteroatoms. The quantitative estimate of drug-likeness (QED) is 0.846. The van der Waals surface area contributed by atoms with E-state index in [0.717, 1.165) is 18.5 Å². The number of carbonyl (C=O) groups excluding carboxylic acids is 1. The van der Waals surface area contributed by atoms with Crippen LogP contribution in [0.25, 0.3) is 0 Å². The van der Waals surface area contributed by atoms with E-state index in [1.807, 2.05) is 0 Å². The Labute approximate surface area is 128 Å². The third-order valence-electron chi connectivity index (χ3n) is 3.50. The van der Waals surface area contributed by atoms with Gasteiger partial charge < -0.3 is 14.2 Å². The Bertz CT molecular complexity index is 688. The summed E-state index contributed by atoms with van der Waals surface area (Å²) in [5, 5.41) is 3.68. The van der Waals surface area contributed by atoms with Crippen LogP contribution in [0.2, 0.25) is 0 Å². The number of rotatable bonds is 2. The number of carbonyl (C=O) groups is 1. The summed E-state index contributed by atoms with van der Waals surface area (Å²) < 4.78 is 48.4. The highest BCUT2D eigenvalue weighted by atomic mass is 19.4. The largest absolute Gasteiger partial charge is 0.416 e. The molecule has 1 amide bonds. The van der Waals surface area contributed by atoms with E-state index in [-0.39, 0.29) is 24.5 Å². The second kappa shape index (κ2) is 5.99. The van der Waals surface area contributed by atoms with Crippen molar-refractivity contribution in [2.75, 3.05) is 19.8 Å². The molecule has 0 unspecified atom stereocenters. The third-order valence-corrected chi connectivity index (χ3v) is 3.50. The first kappa shape index (κ1) is 15.5. The van der Waals surface area contributed by atoms with Crippen LogP contribution in [-0.4, -0.2) is 40.7 Å². The zero-order valence-corrected chi connectivity index (χ0v) is 11.8. The number of benzene rings is 1. The lowest BCUT2D eigenvalue weighted by Crippen LogP contribution is -2.43. The van der Waals surface area contributed by atoms with Crippen LogP contribution in [0.15, 0.2) is 35.2 Å². The number of alkyl halides is 3. The molecular weight excluding hydrogens is 315 g/mol. The lowest BCUT2D eigenvalue weighted by atomic mass is 10.1. The molecule has 1 atom stereocenters. The van der Waals surface area contributed by atoms with Gasteiger partial charge in [-0.05, 0) is 18.2 Å². The molecule has 0 aliphatic carbocycles. The Morgan fingerprint density at radius 3 is 2.87 bits per heavy atom. The molecule has 2 heterocycles. The molecule has 2 aromatic rings. The van der Waals surface area contributed by atoms with Gasteiger partial charge in [-0.2, -0.15) is 18.2 Å². The molecule has 0 N–H and O–H groups in total. The molecule has 0 saturated carbocycles. The standard InChI is InChI=1S/C14H12F3N3O3/c15-14(16,17)10-3-1-2-9(6-10)13(21)20-4-5-22-7-11(20)12-18-8-23-19-12/h1-3,6,8,11H,4-5,7H2/t11-/m1/s1. The van der Waals surface area contributed by atoms with E-state index in [1.54, 1.807) is 0 Å². The van der Waals surface area contributed by atoms with Gasteiger partial charge in [0, 0.05) is 12.1 Å². The maximum absolute atomic E-state index is 12.8. The fourth-order valence-corrected chi connectivity index (χ4v) is 2.38. The van der Waals surface area contributed by atoms with Gasteiger partial charge in [-0.25, -0.2) is 0 Å². The van der Waals surface area contributed by atoms with Crippen molar-refractivity contribution in [2.24, 2.45) is 0 Å². The molecule has 1 fully saturated rings. The summed E-state index contributed by atoms with van der Waals surface area (Å²) in [6.07, 6.45) is -3.38. The fourth-order valence-electron chi connectivity index (χ4n) is 2.38. The summed E-state index contributed by atoms with van der Waals surface area (Å²) in [6.45, 7) is 0.678. The van der Waals surface area contributed by atoms with E-state index in [0.29, 0.717) is 6.61 Å². The van der Waals surface area contributed by atoms with E-state index < -0.39 is 23.7 Å². The van der Waals surface area contributed by atoms with Crippen LogP contribution in [0, 0.1) is 0 Å². The SMILES string of the molecule is O=C(c1cccc(C(F)(F)F)c1)N1CCOC[C@@H]1c1ncon1. The number of ether oxygens (including phenoxy) is 1. The predicted octanol–water partition coefficient (Wildman–Crippen LogP) is 2.30. The van der Waals surface area contributed by atoms with Gasteiger partial charge in [0.25, 0.3) is 5.91 Å². The van der Waals surface area contributed by atoms with Gasteiger partial charge >= 0.3 is 6.18 Å². The maximum Gasteiger partial charge on any atom is 0.416 e. The van der Waals surface area contributed by atoms with E-state index in [9.17, 15) is 18.0 Å². The molecule has 1 aromatic heterocycles. The van der Waals surface area contributed by atoms with Crippen LogP contribution in [0.4, 0.5) is 13.2 Å². The van der Waals surface area contributed by atoms with Crippen LogP contribution in [0.5, 0.6) is 0 Å². The highest BCUT2D eigenvalue weighted by Crippen LogP contribution is 2.30. The highest BCUT2D eigenvalue weighted by Gasteiger charge is 2.34. The van der Waals surface area contributed by atoms with Crippen molar-refractivity contribution in [3.63, 3.8) is 0 Å². The summed E-state index contributed by atoms with van der Waals surface area (Å²) in [7, 11) is 0. The monoisotopic (exact) mass is 327 g/mol. The molecule has 0 bridgehead atoms. The van der Waals surface area contributed by atoms with Crippen molar-refractivity contribution in [1.82, 2.24) is 15.0 Å². The van der Waals surface area contributed by atoms with Crippen LogP contribution < -0.4 is 0 Å². The highest BCUT2D eigenvalue weighted by molar-refractivity contribution is 5.94. The van der Waals surface area contributed by atoms with Crippen LogP contribution in [0.1, 0.15) is 27.8 Å². The molecule has 1 aliphatic rings. The molecule has 1 aliphatic heterocycles. The van der Waals surface area contributed by atoms with Gasteiger partial charge in [-0.15, -0.1) is 0 Å². The molecule has 0 radical (unpaired) electrons. The van der Waals surface area contributed by atoms with Gasteiger partial charge in [0.15, 0.2) is 5.82 Å². The minimum absolute atomic E-state index is 0.0461. The number of aromatic nitrogens is 2. The minimum Gasteiger partial charge on any atom is -0.377 e. The molecule has 3 rings (SSSR count). The Morgan fingerprint density at radius 1 is 1.35 bits per heavy atom. The summed E-state index contributed by atoms with van der Waals surface area (Å²) in [4.78, 5) is 17.9. The lowest BCUT2D eigenvalue weighted by Gasteiger charge is -2.33. The van der Waals surface area contributed by atoms with Crippen molar-refractivity contribution in [1.29, 1.82) is 0 Å². The molecule has 1 saturated heterocycles. The second-order valence-corrected chi connectivity index (χ2v) is 4.96. The summed E-state index contributed by atoms with van der Waals surface area (Å²) >= 11 is 0. The topological polar surface area (TPSA) is 68.5 Å². The van der Waals surface area contributed by atoms with Crippen molar-refractivity contribution in [2.45, 2.75) is 12.2 Å². The average Bonchev–Trinajstić information content (AvgIpc) is 3.08. The average molecular weight is 327 g/mol. The van der Waals surface area contributed by atoms with E-state index in [1.165, 1.54) is 17.0 Å². The minimum atomic E-state index is -4.51. The van der Waals surface area contributed by atoms with Gasteiger partial charge in [0.1, 0.15) is 6.04 Å². The van der Waals surface area contributed by atoms with Gasteiger partial charge in [0.05, 0.1) is 18.8 Å². The number of nitrogens with zero attached hydrogens (tertiary/aromatic N) is 3. The number of amides is 1. The number of hydrogen-bond donors (Lipinski definition) is 0. The number of hydrogen-bond acceptors (Lipinski definition) is 5. The van der Waals surface area contributed by atoms with Crippen molar-refractivity contribution >= 4 is 5.91 Å². The van der Waals surface area contributed by atoms with Gasteiger partial charge in [-0.1, -0.05) is 11.2 Å². The first-order valence-corrected chi connectivity index (χ1v) is 6.79. The third kappa shape index (κ3) is 3.19. The zero-order chi connectivity index (χ0) is 16.4. The number of halogens is 3. The molecule has 122 valence electrons. The van der Waals surface area contributed by atoms with Crippen LogP contribution in [-0.2, 0) is 10.9 Å². The lowest BCUT2D eigenvalue weighted by molar-refractivity contribution is -0.137. The molecule has 1 aromatic carbocycles. The summed E-state index contributed by atoms with van der Waals surface area (Å²) in [6, 6.07) is 3.72. The molecule has 23 heavy (non-hydrogen) atoms. The van der Waals surface area contributed by atoms with E-state index in [2.05, 4.69) is 14.7 Å². The summed E-state index contributed by atoms with van der Waals surface area (Å²) in [5.74, 6) is -0.278. The Morgan fingerprint density at radius 2 is 2.17 bits per heavy atom. The van der Waals surface area contributed by atoms with E-state index in [4.69, 9.17) is 4.74 Å². The normalized spacial score (nSPS) is 18.9. The Kier molecular flexibility index (Phi) is 4.03. The van der Waals surface area contributed by atoms with Crippen LogP contribution >= 0.6 is 0 Å². The Hall–Kier alpha value is -2.42. The van der Waals surface area contributed by atoms with E-state index >= 15 is 0 Å². The van der Waals surface area contributed by atoms with Crippen molar-refractivity contribution < 1.29 is 27.2 Å². The summed E-state index contributed by atoms with van der Waals surface area (Å²) in [5.41, 5.74) is -0.914. The molecule has 6 nitrogen and oxygen atoms in total. The van der Waals surface area contributed by atoms with Crippen molar-refractivity contribution in [3.8, 4) is 0 Å². The molecular formula is C14H12F3N3O3. The predicted molar refractivity (Wildman–Crippen MR) is 70.3 cm³/mol. The van der Waals surface area contributed by atoms with Gasteiger partial charge in [0.2, 0.25) is 6.39 Å². The zero-order valence-electron chi connectivity index (χ0n) is 11.8. The van der Waals surface area contributed by atoms with Crippen molar-refractivity contribution in [3.05, 3.63) is 47.6 Å². The first-order valence-electron chi connectivity index (χ1n) is 6.79. The Balaban J connectivity index is 1.89.